The van der Waals surface area contributed by atoms with E-state index >= 15 is 0 Å². The molecule has 20 heavy (non-hydrogen) atoms. The summed E-state index contributed by atoms with van der Waals surface area (Å²) in [4.78, 5) is 29.5. The van der Waals surface area contributed by atoms with Gasteiger partial charge in [0.05, 0.1) is 6.54 Å². The van der Waals surface area contributed by atoms with Gasteiger partial charge in [0.2, 0.25) is 11.8 Å². The molecule has 0 spiro atoms. The maximum absolute atomic E-state index is 12.0. The Labute approximate surface area is 121 Å². The summed E-state index contributed by atoms with van der Waals surface area (Å²) < 4.78 is 0. The summed E-state index contributed by atoms with van der Waals surface area (Å²) in [6, 6.07) is 0. The minimum Gasteiger partial charge on any atom is -0.339 e. The van der Waals surface area contributed by atoms with Crippen LogP contribution >= 0.6 is 0 Å². The van der Waals surface area contributed by atoms with Gasteiger partial charge in [0.25, 0.3) is 0 Å². The van der Waals surface area contributed by atoms with Crippen molar-refractivity contribution < 1.29 is 9.59 Å². The zero-order valence-electron chi connectivity index (χ0n) is 13.0. The van der Waals surface area contributed by atoms with Gasteiger partial charge in [-0.25, -0.2) is 0 Å². The van der Waals surface area contributed by atoms with Gasteiger partial charge in [-0.1, -0.05) is 6.92 Å². The summed E-state index contributed by atoms with van der Waals surface area (Å²) in [5, 5.41) is 0. The summed E-state index contributed by atoms with van der Waals surface area (Å²) in [5.41, 5.74) is 5.55. The standard InChI is InChI=1S/C14H28N4O2/c1-12(10-15)4-5-13(19)17-6-8-18(9-7-17)14(20)11-16(2)3/h12H,4-11,15H2,1-3H3. The Kier molecular flexibility index (Phi) is 6.95. The highest BCUT2D eigenvalue weighted by Gasteiger charge is 2.24. The Balaban J connectivity index is 2.31. The number of nitrogens with two attached hydrogens (primary N) is 1. The fourth-order valence-electron chi connectivity index (χ4n) is 2.22. The average molecular weight is 284 g/mol. The molecule has 6 nitrogen and oxygen atoms in total. The van der Waals surface area contributed by atoms with Gasteiger partial charge in [-0.15, -0.1) is 0 Å². The van der Waals surface area contributed by atoms with E-state index in [4.69, 9.17) is 5.73 Å². The van der Waals surface area contributed by atoms with E-state index in [1.807, 2.05) is 28.8 Å². The molecule has 0 aromatic rings. The third kappa shape index (κ3) is 5.46. The van der Waals surface area contributed by atoms with E-state index in [0.717, 1.165) is 6.42 Å². The fourth-order valence-corrected chi connectivity index (χ4v) is 2.22. The number of carbonyl (C=O) groups excluding carboxylic acids is 2. The molecule has 0 saturated carbocycles. The minimum absolute atomic E-state index is 0.138. The molecule has 0 aromatic heterocycles. The molecule has 0 aliphatic carbocycles. The van der Waals surface area contributed by atoms with E-state index in [1.54, 1.807) is 0 Å². The van der Waals surface area contributed by atoms with E-state index in [9.17, 15) is 9.59 Å². The molecule has 1 heterocycles. The van der Waals surface area contributed by atoms with E-state index in [2.05, 4.69) is 6.92 Å². The SMILES string of the molecule is CC(CN)CCC(=O)N1CCN(C(=O)CN(C)C)CC1. The molecule has 1 saturated heterocycles. The number of amides is 2. The van der Waals surface area contributed by atoms with Gasteiger partial charge in [-0.2, -0.15) is 0 Å². The maximum atomic E-state index is 12.0. The number of likely N-dealkylation sites (N-methyl/N-ethyl adjacent to an activating group) is 1. The van der Waals surface area contributed by atoms with Gasteiger partial charge < -0.3 is 20.4 Å². The van der Waals surface area contributed by atoms with Crippen LogP contribution in [0.15, 0.2) is 0 Å². The summed E-state index contributed by atoms with van der Waals surface area (Å²) in [5.74, 6) is 0.714. The number of nitrogens with zero attached hydrogens (tertiary/aromatic N) is 3. The smallest absolute Gasteiger partial charge is 0.236 e. The zero-order chi connectivity index (χ0) is 15.1. The van der Waals surface area contributed by atoms with Crippen LogP contribution in [0.2, 0.25) is 0 Å². The first-order valence-electron chi connectivity index (χ1n) is 7.34. The third-order valence-corrected chi connectivity index (χ3v) is 3.69. The second-order valence-corrected chi connectivity index (χ2v) is 5.88. The van der Waals surface area contributed by atoms with Crippen LogP contribution in [-0.2, 0) is 9.59 Å². The predicted molar refractivity (Wildman–Crippen MR) is 79.2 cm³/mol. The van der Waals surface area contributed by atoms with Crippen LogP contribution in [0.3, 0.4) is 0 Å². The molecule has 1 fully saturated rings. The summed E-state index contributed by atoms with van der Waals surface area (Å²) in [7, 11) is 3.77. The maximum Gasteiger partial charge on any atom is 0.236 e. The molecule has 2 N–H and O–H groups in total. The van der Waals surface area contributed by atoms with E-state index in [-0.39, 0.29) is 11.8 Å². The summed E-state index contributed by atoms with van der Waals surface area (Å²) in [6.07, 6.45) is 1.40. The Morgan fingerprint density at radius 2 is 1.60 bits per heavy atom. The number of carbonyl (C=O) groups is 2. The van der Waals surface area contributed by atoms with Crippen LogP contribution in [0.5, 0.6) is 0 Å². The lowest BCUT2D eigenvalue weighted by Crippen LogP contribution is -2.52. The quantitative estimate of drug-likeness (QED) is 0.720. The first kappa shape index (κ1) is 16.9. The lowest BCUT2D eigenvalue weighted by Gasteiger charge is -2.35. The van der Waals surface area contributed by atoms with E-state index < -0.39 is 0 Å². The van der Waals surface area contributed by atoms with E-state index in [0.29, 0.717) is 51.6 Å². The van der Waals surface area contributed by atoms with Crippen molar-refractivity contribution in [3.8, 4) is 0 Å². The zero-order valence-corrected chi connectivity index (χ0v) is 13.0. The van der Waals surface area contributed by atoms with Crippen LogP contribution in [-0.4, -0.2) is 79.9 Å². The van der Waals surface area contributed by atoms with Crippen LogP contribution in [0.25, 0.3) is 0 Å². The minimum atomic E-state index is 0.138. The summed E-state index contributed by atoms with van der Waals surface area (Å²) in [6.45, 7) is 5.70. The fraction of sp³-hybridized carbons (Fsp3) is 0.857. The average Bonchev–Trinajstić information content (AvgIpc) is 2.43. The molecule has 1 unspecified atom stereocenters. The highest BCUT2D eigenvalue weighted by molar-refractivity contribution is 5.79. The molecule has 1 aliphatic heterocycles. The lowest BCUT2D eigenvalue weighted by atomic mass is 10.1. The van der Waals surface area contributed by atoms with Gasteiger partial charge in [-0.05, 0) is 33.0 Å². The van der Waals surface area contributed by atoms with Crippen molar-refractivity contribution in [2.24, 2.45) is 11.7 Å². The van der Waals surface area contributed by atoms with E-state index in [1.165, 1.54) is 0 Å². The predicted octanol–water partition coefficient (Wildman–Crippen LogP) is -0.406. The van der Waals surface area contributed by atoms with Crippen LogP contribution < -0.4 is 5.73 Å². The number of rotatable bonds is 6. The molecule has 1 rings (SSSR count). The van der Waals surface area contributed by atoms with Crippen LogP contribution in [0.1, 0.15) is 19.8 Å². The van der Waals surface area contributed by atoms with Crippen molar-refractivity contribution in [3.05, 3.63) is 0 Å². The number of hydrogen-bond donors (Lipinski definition) is 1. The Hall–Kier alpha value is -1.14. The van der Waals surface area contributed by atoms with Crippen molar-refractivity contribution in [3.63, 3.8) is 0 Å². The lowest BCUT2D eigenvalue weighted by molar-refractivity contribution is -0.140. The van der Waals surface area contributed by atoms with Crippen molar-refractivity contribution in [2.45, 2.75) is 19.8 Å². The highest BCUT2D eigenvalue weighted by Crippen LogP contribution is 2.09. The number of piperazine rings is 1. The van der Waals surface area contributed by atoms with Gasteiger partial charge >= 0.3 is 0 Å². The number of hydrogen-bond acceptors (Lipinski definition) is 4. The molecule has 0 aromatic carbocycles. The third-order valence-electron chi connectivity index (χ3n) is 3.69. The van der Waals surface area contributed by atoms with Gasteiger partial charge in [0, 0.05) is 32.6 Å². The van der Waals surface area contributed by atoms with Gasteiger partial charge in [-0.3, -0.25) is 9.59 Å². The molecule has 0 bridgehead atoms. The molecular weight excluding hydrogens is 256 g/mol. The Morgan fingerprint density at radius 1 is 1.10 bits per heavy atom. The van der Waals surface area contributed by atoms with Crippen LogP contribution in [0.4, 0.5) is 0 Å². The first-order chi connectivity index (χ1) is 9.43. The van der Waals surface area contributed by atoms with Crippen LogP contribution in [0, 0.1) is 5.92 Å². The van der Waals surface area contributed by atoms with Gasteiger partial charge in [0.15, 0.2) is 0 Å². The molecule has 6 heteroatoms. The molecule has 2 amide bonds. The second-order valence-electron chi connectivity index (χ2n) is 5.88. The van der Waals surface area contributed by atoms with Gasteiger partial charge in [0.1, 0.15) is 0 Å². The second kappa shape index (κ2) is 8.21. The largest absolute Gasteiger partial charge is 0.339 e. The molecular formula is C14H28N4O2. The topological polar surface area (TPSA) is 69.9 Å². The first-order valence-corrected chi connectivity index (χ1v) is 7.34. The Bertz CT molecular complexity index is 325. The van der Waals surface area contributed by atoms with Crippen molar-refractivity contribution in [2.75, 3.05) is 53.4 Å². The molecule has 0 radical (unpaired) electrons. The highest BCUT2D eigenvalue weighted by atomic mass is 16.2. The molecule has 1 atom stereocenters. The van der Waals surface area contributed by atoms with Crippen molar-refractivity contribution in [1.82, 2.24) is 14.7 Å². The Morgan fingerprint density at radius 3 is 2.05 bits per heavy atom. The monoisotopic (exact) mass is 284 g/mol. The summed E-state index contributed by atoms with van der Waals surface area (Å²) >= 11 is 0. The molecule has 1 aliphatic rings. The molecule has 116 valence electrons. The van der Waals surface area contributed by atoms with Crippen molar-refractivity contribution >= 4 is 11.8 Å². The van der Waals surface area contributed by atoms with Crippen molar-refractivity contribution in [1.29, 1.82) is 0 Å². The normalized spacial score (nSPS) is 17.4.